The minimum absolute atomic E-state index is 0.0920. The third kappa shape index (κ3) is 3.54. The molecule has 1 aromatic heterocycles. The topological polar surface area (TPSA) is 37.7 Å². The minimum atomic E-state index is -4.43. The molecule has 0 saturated carbocycles. The van der Waals surface area contributed by atoms with Gasteiger partial charge in [-0.1, -0.05) is 11.8 Å². The number of thioether (sulfide) groups is 1. The molecule has 134 valence electrons. The summed E-state index contributed by atoms with van der Waals surface area (Å²) in [5.41, 5.74) is 1.28. The van der Waals surface area contributed by atoms with E-state index in [1.807, 2.05) is 12.1 Å². The Balaban J connectivity index is 1.51. The van der Waals surface area contributed by atoms with Crippen LogP contribution in [0, 0.1) is 0 Å². The Morgan fingerprint density at radius 2 is 1.92 bits per heavy atom. The van der Waals surface area contributed by atoms with Crippen molar-refractivity contribution in [3.8, 4) is 11.6 Å². The quantitative estimate of drug-likeness (QED) is 0.663. The number of ether oxygens (including phenoxy) is 1. The number of hydrogen-bond acceptors (Lipinski definition) is 6. The van der Waals surface area contributed by atoms with E-state index in [9.17, 15) is 13.2 Å². The summed E-state index contributed by atoms with van der Waals surface area (Å²) < 4.78 is 48.2. The van der Waals surface area contributed by atoms with Gasteiger partial charge in [-0.15, -0.1) is 0 Å². The van der Waals surface area contributed by atoms with E-state index in [2.05, 4.69) is 19.7 Å². The summed E-state index contributed by atoms with van der Waals surface area (Å²) in [4.78, 5) is 6.00. The van der Waals surface area contributed by atoms with Crippen molar-refractivity contribution in [1.29, 1.82) is 0 Å². The van der Waals surface area contributed by atoms with Crippen LogP contribution in [0.1, 0.15) is 11.1 Å². The molecule has 2 aliphatic heterocycles. The Morgan fingerprint density at radius 3 is 2.69 bits per heavy atom. The fraction of sp³-hybridized carbons (Fsp3) is 0.176. The largest absolute Gasteiger partial charge is 0.439 e. The van der Waals surface area contributed by atoms with E-state index in [0.29, 0.717) is 5.75 Å². The monoisotopic (exact) mass is 395 g/mol. The van der Waals surface area contributed by atoms with Crippen molar-refractivity contribution in [2.24, 2.45) is 4.40 Å². The minimum Gasteiger partial charge on any atom is -0.439 e. The summed E-state index contributed by atoms with van der Waals surface area (Å²) in [6.45, 7) is 0.898. The highest BCUT2D eigenvalue weighted by molar-refractivity contribution is 8.17. The number of pyridine rings is 1. The first-order chi connectivity index (χ1) is 12.5. The molecule has 26 heavy (non-hydrogen) atoms. The predicted molar refractivity (Wildman–Crippen MR) is 97.9 cm³/mol. The predicted octanol–water partition coefficient (Wildman–Crippen LogP) is 5.26. The van der Waals surface area contributed by atoms with Crippen molar-refractivity contribution in [3.63, 3.8) is 0 Å². The maximum absolute atomic E-state index is 12.8. The average Bonchev–Trinajstić information content (AvgIpc) is 3.06. The lowest BCUT2D eigenvalue weighted by molar-refractivity contribution is -0.137. The Hall–Kier alpha value is -2.13. The second-order valence-electron chi connectivity index (χ2n) is 5.49. The van der Waals surface area contributed by atoms with E-state index in [4.69, 9.17) is 4.74 Å². The molecule has 2 aromatic rings. The van der Waals surface area contributed by atoms with Crippen LogP contribution in [-0.4, -0.2) is 27.3 Å². The molecule has 4 nitrogen and oxygen atoms in total. The van der Waals surface area contributed by atoms with Gasteiger partial charge < -0.3 is 9.64 Å². The number of fused-ring (bicyclic) bond motifs is 1. The van der Waals surface area contributed by atoms with Gasteiger partial charge in [0, 0.05) is 30.0 Å². The van der Waals surface area contributed by atoms with Crippen LogP contribution < -0.4 is 4.74 Å². The maximum Gasteiger partial charge on any atom is 0.416 e. The number of aromatic nitrogens is 1. The Kier molecular flexibility index (Phi) is 4.58. The Bertz CT molecular complexity index is 882. The van der Waals surface area contributed by atoms with E-state index in [-0.39, 0.29) is 5.88 Å². The molecular weight excluding hydrogens is 383 g/mol. The molecule has 0 unspecified atom stereocenters. The molecule has 0 aliphatic carbocycles. The number of halogens is 3. The van der Waals surface area contributed by atoms with Crippen LogP contribution >= 0.6 is 23.7 Å². The molecule has 2 aliphatic rings. The summed E-state index contributed by atoms with van der Waals surface area (Å²) >= 11 is 3.15. The standard InChI is InChI=1S/C17H12F3N3OS2/c18-17(19,20)12-5-6-21-15(9-12)24-13-3-1-11(2-4-13)14-10-25-16-22-26-8-7-23(14)16/h1-6,9-10H,7-8H2. The fourth-order valence-corrected chi connectivity index (χ4v) is 4.23. The first kappa shape index (κ1) is 17.3. The van der Waals surface area contributed by atoms with Crippen LogP contribution in [0.15, 0.2) is 52.4 Å². The van der Waals surface area contributed by atoms with Gasteiger partial charge in [0.2, 0.25) is 5.88 Å². The van der Waals surface area contributed by atoms with Gasteiger partial charge in [-0.3, -0.25) is 0 Å². The number of benzene rings is 1. The molecule has 0 bridgehead atoms. The smallest absolute Gasteiger partial charge is 0.416 e. The Labute approximate surface area is 156 Å². The zero-order valence-corrected chi connectivity index (χ0v) is 14.9. The number of nitrogens with zero attached hydrogens (tertiary/aromatic N) is 3. The van der Waals surface area contributed by atoms with Crippen LogP contribution in [-0.2, 0) is 6.18 Å². The zero-order chi connectivity index (χ0) is 18.1. The number of amidine groups is 1. The van der Waals surface area contributed by atoms with Crippen molar-refractivity contribution < 1.29 is 17.9 Å². The average molecular weight is 395 g/mol. The summed E-state index contributed by atoms with van der Waals surface area (Å²) in [7, 11) is 0. The molecule has 1 aromatic carbocycles. The number of rotatable bonds is 3. The van der Waals surface area contributed by atoms with E-state index in [1.54, 1.807) is 35.8 Å². The van der Waals surface area contributed by atoms with Gasteiger partial charge in [-0.05, 0) is 47.8 Å². The molecule has 9 heteroatoms. The summed E-state index contributed by atoms with van der Waals surface area (Å²) in [5, 5.41) is 3.03. The van der Waals surface area contributed by atoms with Gasteiger partial charge in [0.25, 0.3) is 0 Å². The number of hydrogen-bond donors (Lipinski definition) is 0. The summed E-state index contributed by atoms with van der Waals surface area (Å²) in [6, 6.07) is 8.99. The van der Waals surface area contributed by atoms with E-state index in [0.717, 1.165) is 47.1 Å². The number of alkyl halides is 3. The van der Waals surface area contributed by atoms with Crippen LogP contribution in [0.5, 0.6) is 11.6 Å². The molecular formula is C17H12F3N3OS2. The van der Waals surface area contributed by atoms with Crippen molar-refractivity contribution in [2.45, 2.75) is 6.18 Å². The lowest BCUT2D eigenvalue weighted by Crippen LogP contribution is -2.28. The van der Waals surface area contributed by atoms with E-state index in [1.165, 1.54) is 0 Å². The van der Waals surface area contributed by atoms with Gasteiger partial charge in [-0.2, -0.15) is 17.6 Å². The van der Waals surface area contributed by atoms with Gasteiger partial charge in [-0.25, -0.2) is 4.98 Å². The zero-order valence-electron chi connectivity index (χ0n) is 13.2. The highest BCUT2D eigenvalue weighted by Gasteiger charge is 2.31. The van der Waals surface area contributed by atoms with Gasteiger partial charge in [0.15, 0.2) is 5.17 Å². The highest BCUT2D eigenvalue weighted by atomic mass is 32.2. The molecule has 0 radical (unpaired) electrons. The van der Waals surface area contributed by atoms with Crippen molar-refractivity contribution >= 4 is 34.6 Å². The fourth-order valence-electron chi connectivity index (χ4n) is 2.54. The van der Waals surface area contributed by atoms with Crippen molar-refractivity contribution in [1.82, 2.24) is 9.88 Å². The second kappa shape index (κ2) is 6.88. The molecule has 0 N–H and O–H groups in total. The molecule has 0 atom stereocenters. The van der Waals surface area contributed by atoms with Crippen molar-refractivity contribution in [2.75, 3.05) is 12.3 Å². The Morgan fingerprint density at radius 1 is 1.12 bits per heavy atom. The lowest BCUT2D eigenvalue weighted by Gasteiger charge is -2.24. The van der Waals surface area contributed by atoms with Crippen LogP contribution in [0.3, 0.4) is 0 Å². The molecule has 0 fully saturated rings. The molecule has 0 saturated heterocycles. The van der Waals surface area contributed by atoms with Gasteiger partial charge in [0.1, 0.15) is 5.75 Å². The van der Waals surface area contributed by atoms with Crippen LogP contribution in [0.2, 0.25) is 0 Å². The molecule has 0 spiro atoms. The molecule has 0 amide bonds. The summed E-state index contributed by atoms with van der Waals surface area (Å²) in [6.07, 6.45) is -3.34. The van der Waals surface area contributed by atoms with E-state index >= 15 is 0 Å². The van der Waals surface area contributed by atoms with Crippen LogP contribution in [0.25, 0.3) is 5.70 Å². The lowest BCUT2D eigenvalue weighted by atomic mass is 10.1. The first-order valence-electron chi connectivity index (χ1n) is 7.66. The third-order valence-corrected chi connectivity index (χ3v) is 5.43. The third-order valence-electron chi connectivity index (χ3n) is 3.78. The normalized spacial score (nSPS) is 16.8. The second-order valence-corrected chi connectivity index (χ2v) is 7.17. The van der Waals surface area contributed by atoms with Gasteiger partial charge >= 0.3 is 6.18 Å². The first-order valence-corrected chi connectivity index (χ1v) is 9.49. The van der Waals surface area contributed by atoms with Crippen molar-refractivity contribution in [3.05, 3.63) is 59.1 Å². The highest BCUT2D eigenvalue weighted by Crippen LogP contribution is 2.37. The molecule has 4 rings (SSSR count). The van der Waals surface area contributed by atoms with Crippen LogP contribution in [0.4, 0.5) is 13.2 Å². The molecule has 3 heterocycles. The summed E-state index contributed by atoms with van der Waals surface area (Å²) in [5.74, 6) is 1.27. The SMILES string of the molecule is FC(F)(F)c1ccnc(Oc2ccc(C3=CSC4=NSCCN34)cc2)c1. The van der Waals surface area contributed by atoms with Gasteiger partial charge in [0.05, 0.1) is 11.3 Å². The maximum atomic E-state index is 12.8. The van der Waals surface area contributed by atoms with E-state index < -0.39 is 11.7 Å².